The Balaban J connectivity index is 1.90. The van der Waals surface area contributed by atoms with Gasteiger partial charge in [-0.1, -0.05) is 0 Å². The number of rotatable bonds is 6. The molecule has 8 heteroatoms. The zero-order valence-corrected chi connectivity index (χ0v) is 15.3. The minimum absolute atomic E-state index is 0.0426. The summed E-state index contributed by atoms with van der Waals surface area (Å²) in [6, 6.07) is 0. The first kappa shape index (κ1) is 18.3. The Morgan fingerprint density at radius 3 is 2.72 bits per heavy atom. The van der Waals surface area contributed by atoms with Gasteiger partial charge in [0.15, 0.2) is 0 Å². The highest BCUT2D eigenvalue weighted by Gasteiger charge is 2.47. The molecule has 1 amide bonds. The molecule has 1 N–H and O–H groups in total. The number of amides is 1. The van der Waals surface area contributed by atoms with Gasteiger partial charge in [-0.3, -0.25) is 9.48 Å². The van der Waals surface area contributed by atoms with Crippen LogP contribution in [0.4, 0.5) is 0 Å². The molecule has 0 aliphatic carbocycles. The first-order valence-corrected chi connectivity index (χ1v) is 8.64. The minimum Gasteiger partial charge on any atom is -0.393 e. The first-order valence-electron chi connectivity index (χ1n) is 8.64. The predicted octanol–water partition coefficient (Wildman–Crippen LogP) is 0.385. The fourth-order valence-corrected chi connectivity index (χ4v) is 3.61. The molecular formula is C17H27N3O5. The molecule has 0 unspecified atom stereocenters. The lowest BCUT2D eigenvalue weighted by atomic mass is 9.93. The van der Waals surface area contributed by atoms with Gasteiger partial charge < -0.3 is 24.2 Å². The van der Waals surface area contributed by atoms with Gasteiger partial charge in [0.2, 0.25) is 0 Å². The topological polar surface area (TPSA) is 86.1 Å². The van der Waals surface area contributed by atoms with Gasteiger partial charge in [-0.05, 0) is 13.8 Å². The van der Waals surface area contributed by atoms with E-state index in [9.17, 15) is 9.90 Å². The molecule has 0 aromatic carbocycles. The van der Waals surface area contributed by atoms with Gasteiger partial charge in [0.25, 0.3) is 5.91 Å². The van der Waals surface area contributed by atoms with Crippen LogP contribution in [-0.4, -0.2) is 77.9 Å². The van der Waals surface area contributed by atoms with Crippen LogP contribution >= 0.6 is 0 Å². The highest BCUT2D eigenvalue weighted by Crippen LogP contribution is 2.34. The Kier molecular flexibility index (Phi) is 5.15. The Morgan fingerprint density at radius 1 is 1.40 bits per heavy atom. The van der Waals surface area contributed by atoms with Crippen molar-refractivity contribution in [2.45, 2.75) is 44.6 Å². The number of aliphatic hydroxyl groups excluding tert-OH is 1. The molecule has 0 radical (unpaired) electrons. The second-order valence-electron chi connectivity index (χ2n) is 6.93. The van der Waals surface area contributed by atoms with Crippen LogP contribution in [-0.2, 0) is 27.2 Å². The van der Waals surface area contributed by atoms with Crippen molar-refractivity contribution in [3.63, 3.8) is 0 Å². The zero-order chi connectivity index (χ0) is 18.2. The van der Waals surface area contributed by atoms with Crippen molar-refractivity contribution in [1.82, 2.24) is 14.7 Å². The maximum atomic E-state index is 13.1. The van der Waals surface area contributed by atoms with Crippen molar-refractivity contribution in [2.75, 3.05) is 40.5 Å². The Hall–Kier alpha value is -1.48. The van der Waals surface area contributed by atoms with Gasteiger partial charge in [-0.2, -0.15) is 5.10 Å². The third-order valence-corrected chi connectivity index (χ3v) is 5.07. The summed E-state index contributed by atoms with van der Waals surface area (Å²) in [6.45, 7) is 5.61. The van der Waals surface area contributed by atoms with Crippen molar-refractivity contribution >= 4 is 5.91 Å². The van der Waals surface area contributed by atoms with Gasteiger partial charge in [0.1, 0.15) is 11.3 Å². The molecule has 2 aliphatic heterocycles. The quantitative estimate of drug-likeness (QED) is 0.796. The van der Waals surface area contributed by atoms with E-state index in [-0.39, 0.29) is 24.7 Å². The summed E-state index contributed by atoms with van der Waals surface area (Å²) in [4.78, 5) is 14.8. The smallest absolute Gasteiger partial charge is 0.272 e. The number of methoxy groups -OCH3 is 2. The van der Waals surface area contributed by atoms with Crippen LogP contribution < -0.4 is 0 Å². The fourth-order valence-electron chi connectivity index (χ4n) is 3.61. The second kappa shape index (κ2) is 7.03. The Morgan fingerprint density at radius 2 is 2.12 bits per heavy atom. The summed E-state index contributed by atoms with van der Waals surface area (Å²) in [5, 5.41) is 14.1. The molecule has 1 aromatic heterocycles. The minimum atomic E-state index is -0.642. The van der Waals surface area contributed by atoms with E-state index < -0.39 is 5.60 Å². The normalized spacial score (nSPS) is 24.8. The molecule has 0 saturated carbocycles. The SMILES string of the molecule is COCCn1nc2c(c1C(=O)N1CC(CO)(OC)C1)C[C@H](C)O[C@@H]2C. The van der Waals surface area contributed by atoms with Crippen molar-refractivity contribution < 1.29 is 24.1 Å². The van der Waals surface area contributed by atoms with E-state index in [1.165, 1.54) is 0 Å². The van der Waals surface area contributed by atoms with Crippen LogP contribution in [0.3, 0.4) is 0 Å². The Labute approximate surface area is 147 Å². The first-order chi connectivity index (χ1) is 11.9. The Bertz CT molecular complexity index is 632. The van der Waals surface area contributed by atoms with Crippen LogP contribution in [0.15, 0.2) is 0 Å². The van der Waals surface area contributed by atoms with Crippen molar-refractivity contribution in [3.05, 3.63) is 17.0 Å². The van der Waals surface area contributed by atoms with Crippen molar-refractivity contribution in [1.29, 1.82) is 0 Å². The molecule has 1 aromatic rings. The van der Waals surface area contributed by atoms with Crippen molar-refractivity contribution in [2.24, 2.45) is 0 Å². The number of ether oxygens (including phenoxy) is 3. The van der Waals surface area contributed by atoms with E-state index in [2.05, 4.69) is 5.10 Å². The monoisotopic (exact) mass is 353 g/mol. The maximum absolute atomic E-state index is 13.1. The molecule has 2 aliphatic rings. The van der Waals surface area contributed by atoms with Gasteiger partial charge in [-0.15, -0.1) is 0 Å². The number of aliphatic hydroxyl groups is 1. The number of likely N-dealkylation sites (tertiary alicyclic amines) is 1. The van der Waals surface area contributed by atoms with Gasteiger partial charge in [0.05, 0.1) is 50.7 Å². The third-order valence-electron chi connectivity index (χ3n) is 5.07. The fraction of sp³-hybridized carbons (Fsp3) is 0.765. The lowest BCUT2D eigenvalue weighted by Crippen LogP contribution is -2.66. The zero-order valence-electron chi connectivity index (χ0n) is 15.3. The molecule has 140 valence electrons. The molecule has 1 fully saturated rings. The lowest BCUT2D eigenvalue weighted by molar-refractivity contribution is -0.134. The molecule has 0 spiro atoms. The van der Waals surface area contributed by atoms with E-state index in [0.29, 0.717) is 38.4 Å². The average molecular weight is 353 g/mol. The average Bonchev–Trinajstić information content (AvgIpc) is 2.91. The van der Waals surface area contributed by atoms with E-state index in [4.69, 9.17) is 14.2 Å². The van der Waals surface area contributed by atoms with E-state index >= 15 is 0 Å². The third kappa shape index (κ3) is 3.19. The maximum Gasteiger partial charge on any atom is 0.272 e. The van der Waals surface area contributed by atoms with Crippen LogP contribution in [0.25, 0.3) is 0 Å². The summed E-state index contributed by atoms with van der Waals surface area (Å²) in [5.74, 6) is -0.0766. The number of hydrogen-bond donors (Lipinski definition) is 1. The predicted molar refractivity (Wildman–Crippen MR) is 89.5 cm³/mol. The molecule has 8 nitrogen and oxygen atoms in total. The number of hydrogen-bond acceptors (Lipinski definition) is 6. The number of carbonyl (C=O) groups is 1. The summed E-state index contributed by atoms with van der Waals surface area (Å²) in [7, 11) is 3.19. The van der Waals surface area contributed by atoms with Gasteiger partial charge >= 0.3 is 0 Å². The second-order valence-corrected chi connectivity index (χ2v) is 6.93. The number of aromatic nitrogens is 2. The van der Waals surface area contributed by atoms with Gasteiger partial charge in [-0.25, -0.2) is 0 Å². The van der Waals surface area contributed by atoms with E-state index in [0.717, 1.165) is 11.3 Å². The lowest BCUT2D eigenvalue weighted by Gasteiger charge is -2.47. The number of nitrogens with zero attached hydrogens (tertiary/aromatic N) is 3. The summed E-state index contributed by atoms with van der Waals surface area (Å²) in [5.41, 5.74) is 1.76. The van der Waals surface area contributed by atoms with Gasteiger partial charge in [0, 0.05) is 26.2 Å². The molecule has 25 heavy (non-hydrogen) atoms. The molecule has 1 saturated heterocycles. The standard InChI is InChI=1S/C17H27N3O5/c1-11-7-13-14(12(2)25-11)18-20(5-6-23-3)15(13)16(22)19-8-17(9-19,10-21)24-4/h11-12,21H,5-10H2,1-4H3/t11-,12+/m0/s1. The number of carbonyl (C=O) groups excluding carboxylic acids is 1. The van der Waals surface area contributed by atoms with Crippen LogP contribution in [0.1, 0.15) is 41.7 Å². The summed E-state index contributed by atoms with van der Waals surface area (Å²) >= 11 is 0. The largest absolute Gasteiger partial charge is 0.393 e. The molecule has 2 atom stereocenters. The molecule has 3 rings (SSSR count). The summed E-state index contributed by atoms with van der Waals surface area (Å²) < 4.78 is 18.1. The molecule has 3 heterocycles. The van der Waals surface area contributed by atoms with Crippen LogP contribution in [0.5, 0.6) is 0 Å². The molecule has 0 bridgehead atoms. The van der Waals surface area contributed by atoms with E-state index in [1.54, 1.807) is 23.8 Å². The summed E-state index contributed by atoms with van der Waals surface area (Å²) in [6.07, 6.45) is 0.568. The van der Waals surface area contributed by atoms with Crippen LogP contribution in [0, 0.1) is 0 Å². The highest BCUT2D eigenvalue weighted by molar-refractivity contribution is 5.95. The van der Waals surface area contributed by atoms with Crippen molar-refractivity contribution in [3.8, 4) is 0 Å². The number of fused-ring (bicyclic) bond motifs is 1. The molecular weight excluding hydrogens is 326 g/mol. The van der Waals surface area contributed by atoms with Crippen LogP contribution in [0.2, 0.25) is 0 Å². The van der Waals surface area contributed by atoms with E-state index in [1.807, 2.05) is 13.8 Å². The highest BCUT2D eigenvalue weighted by atomic mass is 16.5.